The normalized spacial score (nSPS) is 18.7. The van der Waals surface area contributed by atoms with Crippen LogP contribution >= 0.6 is 0 Å². The molecule has 0 aromatic heterocycles. The summed E-state index contributed by atoms with van der Waals surface area (Å²) in [6, 6.07) is 26.7. The number of nitrogens with one attached hydrogen (secondary N) is 3. The average Bonchev–Trinajstić information content (AvgIpc) is 3.62. The van der Waals surface area contributed by atoms with E-state index in [1.165, 1.54) is 0 Å². The van der Waals surface area contributed by atoms with Gasteiger partial charge in [-0.3, -0.25) is 19.2 Å². The van der Waals surface area contributed by atoms with Crippen molar-refractivity contribution < 1.29 is 23.9 Å². The van der Waals surface area contributed by atoms with E-state index < -0.39 is 18.0 Å². The molecule has 3 aliphatic heterocycles. The summed E-state index contributed by atoms with van der Waals surface area (Å²) in [5.41, 5.74) is 2.67. The number of ether oxygens (including phenoxy) is 1. The Morgan fingerprint density at radius 1 is 0.804 bits per heavy atom. The van der Waals surface area contributed by atoms with Crippen molar-refractivity contribution in [2.75, 3.05) is 13.1 Å². The van der Waals surface area contributed by atoms with Gasteiger partial charge in [-0.15, -0.1) is 0 Å². The number of benzene rings is 4. The lowest BCUT2D eigenvalue weighted by atomic mass is 10.0. The van der Waals surface area contributed by atoms with Crippen molar-refractivity contribution >= 4 is 34.4 Å². The molecule has 4 aromatic carbocycles. The minimum Gasteiger partial charge on any atom is -0.457 e. The standard InChI is InChI=1S/C37H38N4O5/c42-34-18-15-25-7-5-11-30(21-25)46-29-16-13-26(14-17-29)22-32(40-37(45)33(39-34)23-35(43)41-19-3-4-20-41)36(44)38-24-28-10-6-9-27-8-1-2-12-31(27)28/h1-2,5-14,16-17,21,32-33H,3-4,15,18-20,22-24H2,(H,38,44)(H,39,42)(H,40,45)/t32-,33-/m0/s1. The van der Waals surface area contributed by atoms with Gasteiger partial charge in [-0.1, -0.05) is 66.7 Å². The Balaban J connectivity index is 1.27. The van der Waals surface area contributed by atoms with Crippen LogP contribution in [0.2, 0.25) is 0 Å². The molecular weight excluding hydrogens is 580 g/mol. The maximum absolute atomic E-state index is 13.8. The van der Waals surface area contributed by atoms with Crippen molar-refractivity contribution in [1.29, 1.82) is 0 Å². The molecule has 46 heavy (non-hydrogen) atoms. The number of aryl methyl sites for hydroxylation is 1. The maximum Gasteiger partial charge on any atom is 0.243 e. The van der Waals surface area contributed by atoms with E-state index in [0.717, 1.165) is 40.3 Å². The van der Waals surface area contributed by atoms with Crippen LogP contribution < -0.4 is 20.7 Å². The first-order valence-electron chi connectivity index (χ1n) is 15.9. The van der Waals surface area contributed by atoms with Gasteiger partial charge in [-0.25, -0.2) is 0 Å². The predicted octanol–water partition coefficient (Wildman–Crippen LogP) is 4.42. The van der Waals surface area contributed by atoms with Crippen LogP contribution in [0.5, 0.6) is 11.5 Å². The van der Waals surface area contributed by atoms with E-state index in [2.05, 4.69) is 16.0 Å². The summed E-state index contributed by atoms with van der Waals surface area (Å²) in [5, 5.41) is 10.8. The minimum atomic E-state index is -1.12. The first kappa shape index (κ1) is 30.8. The van der Waals surface area contributed by atoms with Crippen molar-refractivity contribution in [3.05, 3.63) is 108 Å². The number of likely N-dealkylation sites (tertiary alicyclic amines) is 1. The summed E-state index contributed by atoms with van der Waals surface area (Å²) in [4.78, 5) is 55.6. The lowest BCUT2D eigenvalue weighted by molar-refractivity contribution is -0.136. The van der Waals surface area contributed by atoms with E-state index in [1.807, 2.05) is 91.0 Å². The summed E-state index contributed by atoms with van der Waals surface area (Å²) in [7, 11) is 0. The first-order chi connectivity index (χ1) is 22.4. The Kier molecular flexibility index (Phi) is 9.57. The molecule has 236 valence electrons. The van der Waals surface area contributed by atoms with Gasteiger partial charge in [-0.05, 0) is 71.0 Å². The van der Waals surface area contributed by atoms with Crippen LogP contribution in [0.1, 0.15) is 42.4 Å². The summed E-state index contributed by atoms with van der Waals surface area (Å²) < 4.78 is 6.06. The Labute approximate surface area is 268 Å². The van der Waals surface area contributed by atoms with Crippen LogP contribution in [-0.4, -0.2) is 53.7 Å². The number of fused-ring (bicyclic) bond motifs is 11. The summed E-state index contributed by atoms with van der Waals surface area (Å²) >= 11 is 0. The minimum absolute atomic E-state index is 0.119. The van der Waals surface area contributed by atoms with Crippen LogP contribution in [0.4, 0.5) is 0 Å². The molecule has 9 heteroatoms. The van der Waals surface area contributed by atoms with Gasteiger partial charge in [0.1, 0.15) is 23.6 Å². The average molecular weight is 619 g/mol. The largest absolute Gasteiger partial charge is 0.457 e. The molecule has 4 bridgehead atoms. The fourth-order valence-electron chi connectivity index (χ4n) is 6.07. The van der Waals surface area contributed by atoms with Gasteiger partial charge in [-0.2, -0.15) is 0 Å². The van der Waals surface area contributed by atoms with Gasteiger partial charge in [0.05, 0.1) is 6.42 Å². The number of carbonyl (C=O) groups is 4. The van der Waals surface area contributed by atoms with Gasteiger partial charge >= 0.3 is 0 Å². The van der Waals surface area contributed by atoms with E-state index >= 15 is 0 Å². The Morgan fingerprint density at radius 2 is 1.57 bits per heavy atom. The molecule has 0 saturated carbocycles. The van der Waals surface area contributed by atoms with Gasteiger partial charge in [0.15, 0.2) is 0 Å². The predicted molar refractivity (Wildman–Crippen MR) is 175 cm³/mol. The molecule has 2 atom stereocenters. The zero-order valence-corrected chi connectivity index (χ0v) is 25.7. The molecule has 3 N–H and O–H groups in total. The highest BCUT2D eigenvalue weighted by atomic mass is 16.5. The number of nitrogens with zero attached hydrogens (tertiary/aromatic N) is 1. The van der Waals surface area contributed by atoms with Gasteiger partial charge in [0.2, 0.25) is 23.6 Å². The van der Waals surface area contributed by atoms with Gasteiger partial charge in [0, 0.05) is 32.5 Å². The molecule has 1 fully saturated rings. The topological polar surface area (TPSA) is 117 Å². The number of rotatable bonds is 5. The lowest BCUT2D eigenvalue weighted by Crippen LogP contribution is -2.55. The van der Waals surface area contributed by atoms with Crippen molar-refractivity contribution in [3.8, 4) is 11.5 Å². The van der Waals surface area contributed by atoms with Crippen molar-refractivity contribution in [1.82, 2.24) is 20.9 Å². The molecule has 4 amide bonds. The zero-order chi connectivity index (χ0) is 31.9. The van der Waals surface area contributed by atoms with Crippen LogP contribution in [0.3, 0.4) is 0 Å². The second kappa shape index (κ2) is 14.3. The second-order valence-electron chi connectivity index (χ2n) is 11.9. The van der Waals surface area contributed by atoms with Crippen molar-refractivity contribution in [2.45, 2.75) is 57.2 Å². The highest BCUT2D eigenvalue weighted by molar-refractivity contribution is 5.95. The molecular formula is C37H38N4O5. The van der Waals surface area contributed by atoms with E-state index in [1.54, 1.807) is 4.90 Å². The highest BCUT2D eigenvalue weighted by Crippen LogP contribution is 2.24. The number of hydrogen-bond acceptors (Lipinski definition) is 5. The molecule has 0 spiro atoms. The summed E-state index contributed by atoms with van der Waals surface area (Å²) in [6.07, 6.45) is 2.39. The Hall–Kier alpha value is -5.18. The molecule has 1 saturated heterocycles. The second-order valence-corrected chi connectivity index (χ2v) is 11.9. The van der Waals surface area contributed by atoms with E-state index in [0.29, 0.717) is 31.0 Å². The third-order valence-electron chi connectivity index (χ3n) is 8.59. The third kappa shape index (κ3) is 7.72. The van der Waals surface area contributed by atoms with Crippen LogP contribution in [-0.2, 0) is 38.6 Å². The van der Waals surface area contributed by atoms with Crippen molar-refractivity contribution in [3.63, 3.8) is 0 Å². The molecule has 9 nitrogen and oxygen atoms in total. The summed E-state index contributed by atoms with van der Waals surface area (Å²) in [6.45, 7) is 1.54. The third-order valence-corrected chi connectivity index (χ3v) is 8.59. The molecule has 7 rings (SSSR count). The quantitative estimate of drug-likeness (QED) is 0.306. The Morgan fingerprint density at radius 3 is 2.39 bits per heavy atom. The Bertz CT molecular complexity index is 1730. The van der Waals surface area contributed by atoms with Crippen molar-refractivity contribution in [2.24, 2.45) is 0 Å². The van der Waals surface area contributed by atoms with Crippen LogP contribution in [0.25, 0.3) is 10.8 Å². The van der Waals surface area contributed by atoms with Gasteiger partial charge in [0.25, 0.3) is 0 Å². The molecule has 3 heterocycles. The van der Waals surface area contributed by atoms with Crippen LogP contribution in [0.15, 0.2) is 91.0 Å². The molecule has 0 aliphatic carbocycles. The monoisotopic (exact) mass is 618 g/mol. The maximum atomic E-state index is 13.8. The smallest absolute Gasteiger partial charge is 0.243 e. The van der Waals surface area contributed by atoms with Gasteiger partial charge < -0.3 is 25.6 Å². The zero-order valence-electron chi connectivity index (χ0n) is 25.7. The molecule has 0 radical (unpaired) electrons. The van der Waals surface area contributed by atoms with E-state index in [4.69, 9.17) is 4.74 Å². The number of hydrogen-bond donors (Lipinski definition) is 3. The molecule has 4 aromatic rings. The fourth-order valence-corrected chi connectivity index (χ4v) is 6.07. The SMILES string of the molecule is O=C1CCc2cccc(c2)Oc2ccc(cc2)C[C@@H](C(=O)NCc2cccc3ccccc23)NC(=O)[C@H](CC(=O)N2CCCC2)N1. The number of amides is 4. The fraction of sp³-hybridized carbons (Fsp3) is 0.297. The first-order valence-corrected chi connectivity index (χ1v) is 15.9. The van der Waals surface area contributed by atoms with E-state index in [9.17, 15) is 19.2 Å². The molecule has 3 aliphatic rings. The lowest BCUT2D eigenvalue weighted by Gasteiger charge is -2.25. The molecule has 0 unspecified atom stereocenters. The summed E-state index contributed by atoms with van der Waals surface area (Å²) in [5.74, 6) is -0.213. The van der Waals surface area contributed by atoms with Crippen LogP contribution in [0, 0.1) is 0 Å². The highest BCUT2D eigenvalue weighted by Gasteiger charge is 2.31. The van der Waals surface area contributed by atoms with E-state index in [-0.39, 0.29) is 43.5 Å². The number of carbonyl (C=O) groups excluding carboxylic acids is 4.